The van der Waals surface area contributed by atoms with Crippen molar-refractivity contribution in [3.05, 3.63) is 28.9 Å². The van der Waals surface area contributed by atoms with E-state index in [9.17, 15) is 4.79 Å². The Labute approximate surface area is 106 Å². The van der Waals surface area contributed by atoms with Crippen LogP contribution in [0.5, 0.6) is 0 Å². The molecule has 0 aliphatic heterocycles. The number of pyridine rings is 1. The molecule has 0 bridgehead atoms. The van der Waals surface area contributed by atoms with Gasteiger partial charge in [-0.1, -0.05) is 13.8 Å². The minimum Gasteiger partial charge on any atom is -0.406 e. The molecule has 98 valence electrons. The van der Waals surface area contributed by atoms with Crippen molar-refractivity contribution in [2.75, 3.05) is 6.54 Å². The summed E-state index contributed by atoms with van der Waals surface area (Å²) in [6.45, 7) is 5.64. The summed E-state index contributed by atoms with van der Waals surface area (Å²) in [4.78, 5) is 15.9. The molecule has 2 heterocycles. The molecule has 0 fully saturated rings. The van der Waals surface area contributed by atoms with Crippen molar-refractivity contribution >= 4 is 11.2 Å². The molecular weight excluding hydrogens is 230 g/mol. The van der Waals surface area contributed by atoms with Gasteiger partial charge in [0.05, 0.1) is 0 Å². The van der Waals surface area contributed by atoms with Crippen molar-refractivity contribution in [1.82, 2.24) is 14.9 Å². The monoisotopic (exact) mass is 249 g/mol. The van der Waals surface area contributed by atoms with Crippen LogP contribution in [0.15, 0.2) is 27.5 Å². The van der Waals surface area contributed by atoms with Crippen molar-refractivity contribution in [3.63, 3.8) is 0 Å². The second-order valence-corrected chi connectivity index (χ2v) is 4.31. The third-order valence-electron chi connectivity index (χ3n) is 3.18. The first-order valence-corrected chi connectivity index (χ1v) is 6.44. The highest BCUT2D eigenvalue weighted by molar-refractivity contribution is 5.67. The third kappa shape index (κ3) is 2.61. The van der Waals surface area contributed by atoms with Crippen LogP contribution in [0.4, 0.5) is 0 Å². The van der Waals surface area contributed by atoms with Gasteiger partial charge in [-0.05, 0) is 25.0 Å². The zero-order chi connectivity index (χ0) is 13.0. The van der Waals surface area contributed by atoms with Crippen LogP contribution in [-0.4, -0.2) is 22.1 Å². The highest BCUT2D eigenvalue weighted by Gasteiger charge is 2.09. The first-order valence-electron chi connectivity index (χ1n) is 6.44. The number of hydrogen-bond acceptors (Lipinski definition) is 4. The summed E-state index contributed by atoms with van der Waals surface area (Å²) < 4.78 is 6.70. The van der Waals surface area contributed by atoms with E-state index in [2.05, 4.69) is 24.1 Å². The maximum Gasteiger partial charge on any atom is 0.421 e. The summed E-state index contributed by atoms with van der Waals surface area (Å²) in [7, 11) is 0. The van der Waals surface area contributed by atoms with E-state index < -0.39 is 0 Å². The van der Waals surface area contributed by atoms with Gasteiger partial charge in [0.25, 0.3) is 0 Å². The van der Waals surface area contributed by atoms with Crippen LogP contribution in [0, 0.1) is 0 Å². The van der Waals surface area contributed by atoms with E-state index in [4.69, 9.17) is 4.42 Å². The summed E-state index contributed by atoms with van der Waals surface area (Å²) in [5.74, 6) is -0.338. The van der Waals surface area contributed by atoms with Crippen LogP contribution in [-0.2, 0) is 6.54 Å². The number of hydrogen-bond donors (Lipinski definition) is 1. The van der Waals surface area contributed by atoms with Crippen LogP contribution >= 0.6 is 0 Å². The summed E-state index contributed by atoms with van der Waals surface area (Å²) in [5.41, 5.74) is 1.17. The zero-order valence-corrected chi connectivity index (χ0v) is 10.8. The lowest BCUT2D eigenvalue weighted by Gasteiger charge is -2.14. The maximum atomic E-state index is 11.7. The van der Waals surface area contributed by atoms with Crippen LogP contribution in [0.1, 0.15) is 26.7 Å². The first kappa shape index (κ1) is 12.8. The molecule has 1 N–H and O–H groups in total. The Kier molecular flexibility index (Phi) is 4.15. The van der Waals surface area contributed by atoms with Gasteiger partial charge in [0, 0.05) is 25.3 Å². The Hall–Kier alpha value is -1.62. The largest absolute Gasteiger partial charge is 0.421 e. The molecule has 0 radical (unpaired) electrons. The molecule has 2 aromatic rings. The zero-order valence-electron chi connectivity index (χ0n) is 10.8. The lowest BCUT2D eigenvalue weighted by atomic mass is 10.2. The van der Waals surface area contributed by atoms with Crippen LogP contribution in [0.2, 0.25) is 0 Å². The average Bonchev–Trinajstić information content (AvgIpc) is 2.71. The summed E-state index contributed by atoms with van der Waals surface area (Å²) in [6.07, 6.45) is 3.85. The highest BCUT2D eigenvalue weighted by Crippen LogP contribution is 2.07. The molecule has 0 saturated heterocycles. The third-order valence-corrected chi connectivity index (χ3v) is 3.18. The van der Waals surface area contributed by atoms with E-state index >= 15 is 0 Å². The molecule has 5 heteroatoms. The van der Waals surface area contributed by atoms with Crippen LogP contribution in [0.3, 0.4) is 0 Å². The smallest absolute Gasteiger partial charge is 0.406 e. The fraction of sp³-hybridized carbons (Fsp3) is 0.538. The van der Waals surface area contributed by atoms with Crippen molar-refractivity contribution in [2.45, 2.75) is 39.3 Å². The molecule has 0 aliphatic rings. The standard InChI is InChI=1S/C13H19N3O2/c1-3-10(4-2)14-8-9-16-12-11(18-13(16)17)6-5-7-15-12/h5-7,10,14H,3-4,8-9H2,1-2H3. The van der Waals surface area contributed by atoms with Gasteiger partial charge in [0.1, 0.15) is 0 Å². The van der Waals surface area contributed by atoms with Crippen molar-refractivity contribution < 1.29 is 4.42 Å². The van der Waals surface area contributed by atoms with Crippen molar-refractivity contribution in [3.8, 4) is 0 Å². The predicted octanol–water partition coefficient (Wildman–Crippen LogP) is 1.77. The van der Waals surface area contributed by atoms with Gasteiger partial charge in [0.15, 0.2) is 11.2 Å². The van der Waals surface area contributed by atoms with E-state index in [-0.39, 0.29) is 5.76 Å². The Morgan fingerprint density at radius 2 is 2.22 bits per heavy atom. The van der Waals surface area contributed by atoms with E-state index in [0.717, 1.165) is 19.4 Å². The number of nitrogens with zero attached hydrogens (tertiary/aromatic N) is 2. The molecule has 0 aliphatic carbocycles. The van der Waals surface area contributed by atoms with Gasteiger partial charge in [-0.3, -0.25) is 4.57 Å². The van der Waals surface area contributed by atoms with Gasteiger partial charge in [-0.15, -0.1) is 0 Å². The Morgan fingerprint density at radius 3 is 2.94 bits per heavy atom. The molecule has 0 amide bonds. The van der Waals surface area contributed by atoms with E-state index in [1.54, 1.807) is 22.9 Å². The topological polar surface area (TPSA) is 60.1 Å². The molecule has 0 unspecified atom stereocenters. The summed E-state index contributed by atoms with van der Waals surface area (Å²) >= 11 is 0. The Morgan fingerprint density at radius 1 is 1.44 bits per heavy atom. The number of nitrogens with one attached hydrogen (secondary N) is 1. The average molecular weight is 249 g/mol. The Balaban J connectivity index is 2.08. The van der Waals surface area contributed by atoms with Gasteiger partial charge in [-0.25, -0.2) is 9.78 Å². The normalized spacial score (nSPS) is 11.5. The van der Waals surface area contributed by atoms with Gasteiger partial charge < -0.3 is 9.73 Å². The summed E-state index contributed by atoms with van der Waals surface area (Å²) in [6, 6.07) is 4.03. The van der Waals surface area contributed by atoms with E-state index in [0.29, 0.717) is 23.8 Å². The highest BCUT2D eigenvalue weighted by atomic mass is 16.4. The fourth-order valence-corrected chi connectivity index (χ4v) is 2.06. The van der Waals surface area contributed by atoms with Crippen LogP contribution < -0.4 is 11.1 Å². The van der Waals surface area contributed by atoms with E-state index in [1.807, 2.05) is 0 Å². The lowest BCUT2D eigenvalue weighted by molar-refractivity contribution is 0.447. The molecule has 0 spiro atoms. The fourth-order valence-electron chi connectivity index (χ4n) is 2.06. The van der Waals surface area contributed by atoms with E-state index in [1.165, 1.54) is 0 Å². The number of aromatic nitrogens is 2. The second-order valence-electron chi connectivity index (χ2n) is 4.31. The molecule has 0 aromatic carbocycles. The lowest BCUT2D eigenvalue weighted by Crippen LogP contribution is -2.32. The van der Waals surface area contributed by atoms with Gasteiger partial charge in [-0.2, -0.15) is 0 Å². The minimum atomic E-state index is -0.338. The molecule has 5 nitrogen and oxygen atoms in total. The van der Waals surface area contributed by atoms with Crippen LogP contribution in [0.25, 0.3) is 11.2 Å². The quantitative estimate of drug-likeness (QED) is 0.847. The van der Waals surface area contributed by atoms with Crippen molar-refractivity contribution in [1.29, 1.82) is 0 Å². The van der Waals surface area contributed by atoms with Gasteiger partial charge in [0.2, 0.25) is 0 Å². The van der Waals surface area contributed by atoms with Crippen molar-refractivity contribution in [2.24, 2.45) is 0 Å². The number of rotatable bonds is 6. The molecule has 0 saturated carbocycles. The predicted molar refractivity (Wildman–Crippen MR) is 70.6 cm³/mol. The summed E-state index contributed by atoms with van der Waals surface area (Å²) in [5, 5.41) is 3.42. The molecule has 18 heavy (non-hydrogen) atoms. The SMILES string of the molecule is CCC(CC)NCCn1c(=O)oc2cccnc21. The maximum absolute atomic E-state index is 11.7. The molecular formula is C13H19N3O2. The number of oxazole rings is 1. The second kappa shape index (κ2) is 5.82. The number of fused-ring (bicyclic) bond motifs is 1. The first-order chi connectivity index (χ1) is 8.76. The van der Waals surface area contributed by atoms with Gasteiger partial charge >= 0.3 is 5.76 Å². The molecule has 2 rings (SSSR count). The minimum absolute atomic E-state index is 0.338. The molecule has 0 atom stereocenters. The Bertz CT molecular complexity index is 555. The molecule has 2 aromatic heterocycles.